The quantitative estimate of drug-likeness (QED) is 0.122. The Morgan fingerprint density at radius 1 is 0.580 bits per heavy atom. The lowest BCUT2D eigenvalue weighted by atomic mass is 10.0. The number of aliphatic imine (C=N–C) groups is 1. The largest absolute Gasteiger partial charge is 0.497 e. The Labute approximate surface area is 440 Å². The monoisotopic (exact) mass is 1110 g/mol. The van der Waals surface area contributed by atoms with E-state index in [4.69, 9.17) is 67.5 Å². The number of methoxy groups -OCH3 is 2. The van der Waals surface area contributed by atoms with Crippen molar-refractivity contribution in [3.05, 3.63) is 187 Å². The number of nitrogens with zero attached hydrogens (tertiary/aromatic N) is 3. The minimum Gasteiger partial charge on any atom is -0.497 e. The van der Waals surface area contributed by atoms with Crippen LogP contribution >= 0.6 is 96.9 Å². The van der Waals surface area contributed by atoms with Crippen LogP contribution in [0.25, 0.3) is 0 Å². The Bertz CT molecular complexity index is 2850. The second-order valence-electron chi connectivity index (χ2n) is 15.5. The van der Waals surface area contributed by atoms with Crippen LogP contribution in [0.4, 0.5) is 11.4 Å². The molecule has 0 aliphatic carbocycles. The molecule has 3 amide bonds. The van der Waals surface area contributed by atoms with Crippen LogP contribution in [0, 0.1) is 0 Å². The van der Waals surface area contributed by atoms with E-state index in [9.17, 15) is 18.9 Å². The van der Waals surface area contributed by atoms with Crippen molar-refractivity contribution in [2.24, 2.45) is 4.99 Å². The highest BCUT2D eigenvalue weighted by molar-refractivity contribution is 8.24. The first-order valence-electron chi connectivity index (χ1n) is 21.1. The second kappa shape index (κ2) is 25.1. The summed E-state index contributed by atoms with van der Waals surface area (Å²) in [6.45, 7) is 0.689. The number of amides is 3. The summed E-state index contributed by atoms with van der Waals surface area (Å²) in [6, 6.07) is 39.2. The Hall–Kier alpha value is -4.45. The molecule has 6 aromatic carbocycles. The number of rotatable bonds is 12. The van der Waals surface area contributed by atoms with E-state index in [-0.39, 0.29) is 22.9 Å². The number of benzodiazepines with no additional fused rings is 1. The zero-order valence-corrected chi connectivity index (χ0v) is 43.8. The maximum Gasteiger partial charge on any atom is 0.339 e. The van der Waals surface area contributed by atoms with Crippen LogP contribution in [0.5, 0.6) is 11.5 Å². The summed E-state index contributed by atoms with van der Waals surface area (Å²) in [4.78, 5) is 48.2. The molecule has 0 fully saturated rings. The predicted molar refractivity (Wildman–Crippen MR) is 283 cm³/mol. The molecule has 0 saturated carbocycles. The van der Waals surface area contributed by atoms with Gasteiger partial charge in [-0.25, -0.2) is 0 Å². The number of hydrogen-bond acceptors (Lipinski definition) is 7. The molecule has 69 heavy (non-hydrogen) atoms. The third-order valence-corrected chi connectivity index (χ3v) is 12.5. The van der Waals surface area contributed by atoms with Crippen molar-refractivity contribution < 1.29 is 28.4 Å². The van der Waals surface area contributed by atoms with Gasteiger partial charge in [-0.15, -0.1) is 0 Å². The number of ether oxygens (including phenoxy) is 2. The molecule has 2 aliphatic rings. The van der Waals surface area contributed by atoms with Crippen molar-refractivity contribution in [1.29, 1.82) is 0 Å². The number of nitrogens with one attached hydrogen (secondary N) is 1. The lowest BCUT2D eigenvalue weighted by molar-refractivity contribution is -0.121. The molecule has 10 nitrogen and oxygen atoms in total. The smallest absolute Gasteiger partial charge is 0.339 e. The number of carbonyl (C=O) groups excluding carboxylic acids is 3. The maximum atomic E-state index is 13.6. The van der Waals surface area contributed by atoms with Crippen molar-refractivity contribution in [3.63, 3.8) is 0 Å². The van der Waals surface area contributed by atoms with Crippen LogP contribution in [0.3, 0.4) is 0 Å². The molecule has 0 aromatic heterocycles. The zero-order valence-electron chi connectivity index (χ0n) is 36.9. The molecular weight excluding hydrogens is 1070 g/mol. The van der Waals surface area contributed by atoms with Crippen LogP contribution in [0.1, 0.15) is 51.0 Å². The highest BCUT2D eigenvalue weighted by Crippen LogP contribution is 2.61. The first kappa shape index (κ1) is 53.9. The van der Waals surface area contributed by atoms with Crippen molar-refractivity contribution in [2.75, 3.05) is 24.0 Å². The van der Waals surface area contributed by atoms with Gasteiger partial charge in [-0.05, 0) is 154 Å². The lowest BCUT2D eigenvalue weighted by Gasteiger charge is -2.26. The van der Waals surface area contributed by atoms with Crippen molar-refractivity contribution in [3.8, 4) is 11.5 Å². The fourth-order valence-corrected chi connectivity index (χ4v) is 8.60. The second-order valence-corrected chi connectivity index (χ2v) is 24.2. The van der Waals surface area contributed by atoms with Gasteiger partial charge in [0.05, 0.1) is 44.2 Å². The van der Waals surface area contributed by atoms with Crippen molar-refractivity contribution >= 4 is 131 Å². The van der Waals surface area contributed by atoms with Crippen LogP contribution in [0.15, 0.2) is 138 Å². The van der Waals surface area contributed by atoms with Gasteiger partial charge in [-0.3, -0.25) is 23.9 Å². The summed E-state index contributed by atoms with van der Waals surface area (Å²) >= 11 is 45.4. The van der Waals surface area contributed by atoms with Crippen molar-refractivity contribution in [1.82, 2.24) is 5.32 Å². The van der Waals surface area contributed by atoms with E-state index in [1.54, 1.807) is 54.4 Å². The molecule has 1 N–H and O–H groups in total. The molecule has 6 aromatic rings. The molecule has 2 heterocycles. The average Bonchev–Trinajstić information content (AvgIpc) is 3.48. The number of anilines is 2. The third-order valence-electron chi connectivity index (χ3n) is 11.0. The molecule has 2 aliphatic heterocycles. The molecule has 19 heteroatoms. The molecule has 360 valence electrons. The molecule has 2 unspecified atom stereocenters. The standard InChI is InChI=1S/C25H21Cl3N2O2.C25H22Cl2N2O3.Cl3OP/c1-32-19-10-6-16(7-11-19)15-30-23-13-9-18(26)14-20(23)24(28)29-22(25(30)31)12-8-17-4-2-3-5-21(17)27;1-32-19-10-6-16(7-11-19)15-29-23-13-9-18(26)14-20(23)24(30)28-22(25(29)31)12-8-17-4-2-3-5-21(17)27;1-5(2,3)4/h2-7,9-11,13-14,22H,8,12,15H2,1H3;2-7,9-11,13-14,22H,8,12,15H2,1H3,(H,28,30);. The minimum atomic E-state index is -3.22. The summed E-state index contributed by atoms with van der Waals surface area (Å²) < 4.78 is 20.0. The minimum absolute atomic E-state index is 0.118. The van der Waals surface area contributed by atoms with Gasteiger partial charge in [0.1, 0.15) is 28.8 Å². The van der Waals surface area contributed by atoms with E-state index in [0.717, 1.165) is 33.8 Å². The number of fused-ring (bicyclic) bond motifs is 2. The zero-order chi connectivity index (χ0) is 49.8. The van der Waals surface area contributed by atoms with Crippen LogP contribution < -0.4 is 24.6 Å². The third kappa shape index (κ3) is 15.3. The van der Waals surface area contributed by atoms with Crippen molar-refractivity contribution in [2.45, 2.75) is 50.9 Å². The van der Waals surface area contributed by atoms with E-state index in [1.165, 1.54) is 0 Å². The molecule has 0 radical (unpaired) electrons. The normalized spacial score (nSPS) is 15.4. The van der Waals surface area contributed by atoms with E-state index >= 15 is 0 Å². The maximum absolute atomic E-state index is 13.6. The van der Waals surface area contributed by atoms with Gasteiger partial charge >= 0.3 is 5.20 Å². The predicted octanol–water partition coefficient (Wildman–Crippen LogP) is 14.6. The molecular formula is C50H43Cl8N4O6P. The summed E-state index contributed by atoms with van der Waals surface area (Å²) in [5.74, 6) is 0.872. The van der Waals surface area contributed by atoms with E-state index in [2.05, 4.69) is 44.0 Å². The number of carbonyl (C=O) groups is 3. The molecule has 2 atom stereocenters. The van der Waals surface area contributed by atoms with Crippen LogP contribution in [0.2, 0.25) is 20.1 Å². The number of benzene rings is 6. The van der Waals surface area contributed by atoms with Crippen LogP contribution in [-0.2, 0) is 40.1 Å². The number of halogens is 8. The Morgan fingerprint density at radius 2 is 1.01 bits per heavy atom. The molecule has 0 saturated heterocycles. The Morgan fingerprint density at radius 3 is 1.49 bits per heavy atom. The fraction of sp³-hybridized carbons (Fsp3) is 0.200. The lowest BCUT2D eigenvalue weighted by Crippen LogP contribution is -2.45. The van der Waals surface area contributed by atoms with Gasteiger partial charge in [-0.1, -0.05) is 119 Å². The van der Waals surface area contributed by atoms with Gasteiger partial charge in [0.15, 0.2) is 0 Å². The van der Waals surface area contributed by atoms with Crippen LogP contribution in [-0.4, -0.2) is 49.2 Å². The van der Waals surface area contributed by atoms with E-state index in [0.29, 0.717) is 81.4 Å². The number of hydrogen-bond donors (Lipinski definition) is 1. The van der Waals surface area contributed by atoms with Gasteiger partial charge in [-0.2, -0.15) is 0 Å². The van der Waals surface area contributed by atoms with Gasteiger partial charge < -0.3 is 24.6 Å². The fourth-order valence-electron chi connectivity index (χ4n) is 7.53. The average molecular weight is 1110 g/mol. The summed E-state index contributed by atoms with van der Waals surface area (Å²) in [7, 11) is 3.23. The molecule has 8 rings (SSSR count). The topological polar surface area (TPSA) is 118 Å². The molecule has 0 bridgehead atoms. The Kier molecular flexibility index (Phi) is 19.6. The van der Waals surface area contributed by atoms with E-state index < -0.39 is 17.3 Å². The summed E-state index contributed by atoms with van der Waals surface area (Å²) in [5.41, 5.74) is 6.02. The summed E-state index contributed by atoms with van der Waals surface area (Å²) in [5, 5.41) is 2.22. The first-order valence-corrected chi connectivity index (χ1v) is 27.4. The number of aryl methyl sites for hydroxylation is 2. The highest BCUT2D eigenvalue weighted by atomic mass is 36.0. The van der Waals surface area contributed by atoms with Gasteiger partial charge in [0.2, 0.25) is 5.91 Å². The van der Waals surface area contributed by atoms with Gasteiger partial charge in [0.25, 0.3) is 11.8 Å². The highest BCUT2D eigenvalue weighted by Gasteiger charge is 2.35. The van der Waals surface area contributed by atoms with Gasteiger partial charge in [0, 0.05) is 25.7 Å². The molecule has 0 spiro atoms. The Balaban J connectivity index is 0.000000207. The summed E-state index contributed by atoms with van der Waals surface area (Å²) in [6.07, 6.45) is 2.08. The first-order chi connectivity index (χ1) is 32.9. The van der Waals surface area contributed by atoms with E-state index in [1.807, 2.05) is 103 Å². The SMILES string of the molecule is COc1ccc(CN2C(=O)C(CCc3ccccc3Cl)N=C(Cl)c3cc(Cl)ccc32)cc1.COc1ccc(CN2C(=O)C(CCc3ccccc3Cl)NC(=O)c3cc(Cl)ccc32)cc1.O=P(Cl)(Cl)Cl.